The molecule has 0 heterocycles. The molecule has 0 amide bonds. The fraction of sp³-hybridized carbons (Fsp3) is 0.846. The third kappa shape index (κ3) is 7.66. The molecule has 1 nitrogen and oxygen atoms in total. The van der Waals surface area contributed by atoms with E-state index in [2.05, 4.69) is 53.4 Å². The summed E-state index contributed by atoms with van der Waals surface area (Å²) in [7, 11) is -1.39. The summed E-state index contributed by atoms with van der Waals surface area (Å²) in [6.45, 7) is 15.8. The first kappa shape index (κ1) is 14.8. The van der Waals surface area contributed by atoms with E-state index in [0.717, 1.165) is 0 Å². The fourth-order valence-electron chi connectivity index (χ4n) is 1.47. The molecule has 0 fully saturated rings. The maximum absolute atomic E-state index is 5.76. The second-order valence-electron chi connectivity index (χ2n) is 6.32. The van der Waals surface area contributed by atoms with Gasteiger partial charge in [-0.05, 0) is 43.5 Å². The zero-order chi connectivity index (χ0) is 12.1. The van der Waals surface area contributed by atoms with Gasteiger partial charge in [0.2, 0.25) is 8.32 Å². The van der Waals surface area contributed by atoms with Crippen molar-refractivity contribution in [2.24, 2.45) is 11.3 Å². The minimum absolute atomic E-state index is 0.343. The van der Waals surface area contributed by atoms with Crippen molar-refractivity contribution in [3.63, 3.8) is 0 Å². The molecular weight excluding hydrogens is 200 g/mol. The van der Waals surface area contributed by atoms with E-state index in [1.54, 1.807) is 0 Å². The van der Waals surface area contributed by atoms with Crippen molar-refractivity contribution in [1.82, 2.24) is 0 Å². The SMILES string of the molecule is CCCC(/C=C/O[Si](C)(C)C)C(C)(C)C. The minimum Gasteiger partial charge on any atom is -0.550 e. The molecule has 0 aliphatic heterocycles. The summed E-state index contributed by atoms with van der Waals surface area (Å²) in [6.07, 6.45) is 6.67. The molecule has 0 aliphatic carbocycles. The summed E-state index contributed by atoms with van der Waals surface area (Å²) < 4.78 is 5.76. The number of hydrogen-bond donors (Lipinski definition) is 0. The minimum atomic E-state index is -1.39. The van der Waals surface area contributed by atoms with Crippen LogP contribution in [0, 0.1) is 11.3 Å². The van der Waals surface area contributed by atoms with E-state index in [9.17, 15) is 0 Å². The summed E-state index contributed by atoms with van der Waals surface area (Å²) in [5, 5.41) is 0. The predicted octanol–water partition coefficient (Wildman–Crippen LogP) is 4.81. The third-order valence-electron chi connectivity index (χ3n) is 2.44. The van der Waals surface area contributed by atoms with Crippen LogP contribution in [0.1, 0.15) is 40.5 Å². The lowest BCUT2D eigenvalue weighted by Crippen LogP contribution is -2.23. The Morgan fingerprint density at radius 3 is 2.07 bits per heavy atom. The molecule has 0 aromatic carbocycles. The highest BCUT2D eigenvalue weighted by Gasteiger charge is 2.21. The van der Waals surface area contributed by atoms with Gasteiger partial charge < -0.3 is 4.43 Å². The molecule has 1 atom stereocenters. The highest BCUT2D eigenvalue weighted by molar-refractivity contribution is 6.69. The molecule has 0 saturated carbocycles. The van der Waals surface area contributed by atoms with Crippen molar-refractivity contribution in [2.75, 3.05) is 0 Å². The van der Waals surface area contributed by atoms with Gasteiger partial charge in [0, 0.05) is 0 Å². The highest BCUT2D eigenvalue weighted by Crippen LogP contribution is 2.30. The van der Waals surface area contributed by atoms with Crippen LogP contribution in [0.25, 0.3) is 0 Å². The lowest BCUT2D eigenvalue weighted by molar-refractivity contribution is 0.272. The van der Waals surface area contributed by atoms with E-state index >= 15 is 0 Å². The molecule has 0 spiro atoms. The Labute approximate surface area is 97.0 Å². The van der Waals surface area contributed by atoms with Crippen LogP contribution in [0.15, 0.2) is 12.3 Å². The molecule has 0 radical (unpaired) electrons. The van der Waals surface area contributed by atoms with Crippen LogP contribution in [-0.4, -0.2) is 8.32 Å². The zero-order valence-corrected chi connectivity index (χ0v) is 12.6. The topological polar surface area (TPSA) is 9.23 Å². The lowest BCUT2D eigenvalue weighted by Gasteiger charge is -2.28. The molecule has 0 N–H and O–H groups in total. The van der Waals surface area contributed by atoms with Crippen molar-refractivity contribution in [2.45, 2.75) is 60.2 Å². The quantitative estimate of drug-likeness (QED) is 0.484. The second-order valence-corrected chi connectivity index (χ2v) is 10.8. The van der Waals surface area contributed by atoms with Gasteiger partial charge >= 0.3 is 0 Å². The third-order valence-corrected chi connectivity index (χ3v) is 3.29. The maximum atomic E-state index is 5.76. The van der Waals surface area contributed by atoms with Crippen molar-refractivity contribution in [3.8, 4) is 0 Å². The molecule has 0 aromatic heterocycles. The smallest absolute Gasteiger partial charge is 0.241 e. The summed E-state index contributed by atoms with van der Waals surface area (Å²) in [4.78, 5) is 0. The van der Waals surface area contributed by atoms with E-state index < -0.39 is 8.32 Å². The predicted molar refractivity (Wildman–Crippen MR) is 71.4 cm³/mol. The molecule has 90 valence electrons. The molecule has 0 bridgehead atoms. The molecule has 15 heavy (non-hydrogen) atoms. The van der Waals surface area contributed by atoms with Gasteiger partial charge in [0.1, 0.15) is 0 Å². The number of hydrogen-bond acceptors (Lipinski definition) is 1. The Kier molecular flexibility index (Phi) is 5.64. The highest BCUT2D eigenvalue weighted by atomic mass is 28.4. The van der Waals surface area contributed by atoms with Crippen LogP contribution in [-0.2, 0) is 4.43 Å². The molecule has 0 aromatic rings. The standard InChI is InChI=1S/C13H28OSi/c1-8-9-12(13(2,3)4)10-11-14-15(5,6)7/h10-12H,8-9H2,1-7H3/b11-10+. The van der Waals surface area contributed by atoms with E-state index in [0.29, 0.717) is 11.3 Å². The Morgan fingerprint density at radius 2 is 1.73 bits per heavy atom. The van der Waals surface area contributed by atoms with Gasteiger partial charge in [-0.3, -0.25) is 0 Å². The van der Waals surface area contributed by atoms with Crippen LogP contribution in [0.2, 0.25) is 19.6 Å². The first-order valence-corrected chi connectivity index (χ1v) is 9.42. The van der Waals surface area contributed by atoms with Crippen LogP contribution in [0.3, 0.4) is 0 Å². The Bertz CT molecular complexity index is 196. The van der Waals surface area contributed by atoms with Gasteiger partial charge in [-0.2, -0.15) is 0 Å². The lowest BCUT2D eigenvalue weighted by atomic mass is 9.78. The van der Waals surface area contributed by atoms with E-state index in [1.165, 1.54) is 12.8 Å². The Hall–Kier alpha value is -0.243. The number of allylic oxidation sites excluding steroid dienone is 1. The molecular formula is C13H28OSi. The van der Waals surface area contributed by atoms with Crippen molar-refractivity contribution in [3.05, 3.63) is 12.3 Å². The van der Waals surface area contributed by atoms with Gasteiger partial charge in [-0.15, -0.1) is 0 Å². The summed E-state index contributed by atoms with van der Waals surface area (Å²) in [6, 6.07) is 0. The molecule has 2 heteroatoms. The van der Waals surface area contributed by atoms with Crippen LogP contribution >= 0.6 is 0 Å². The Balaban J connectivity index is 4.30. The largest absolute Gasteiger partial charge is 0.550 e. The van der Waals surface area contributed by atoms with Crippen molar-refractivity contribution in [1.29, 1.82) is 0 Å². The molecule has 0 rings (SSSR count). The van der Waals surface area contributed by atoms with E-state index in [-0.39, 0.29) is 0 Å². The average molecular weight is 228 g/mol. The monoisotopic (exact) mass is 228 g/mol. The van der Waals surface area contributed by atoms with Crippen molar-refractivity contribution < 1.29 is 4.43 Å². The fourth-order valence-corrected chi connectivity index (χ4v) is 1.95. The first-order valence-electron chi connectivity index (χ1n) is 6.01. The van der Waals surface area contributed by atoms with Crippen molar-refractivity contribution >= 4 is 8.32 Å². The van der Waals surface area contributed by atoms with Gasteiger partial charge in [0.05, 0.1) is 6.26 Å². The normalized spacial score (nSPS) is 15.7. The second kappa shape index (κ2) is 5.74. The van der Waals surface area contributed by atoms with Crippen LogP contribution in [0.4, 0.5) is 0 Å². The Morgan fingerprint density at radius 1 is 1.20 bits per heavy atom. The molecule has 0 saturated heterocycles. The molecule has 1 unspecified atom stereocenters. The van der Waals surface area contributed by atoms with Gasteiger partial charge in [-0.1, -0.05) is 34.1 Å². The van der Waals surface area contributed by atoms with Gasteiger partial charge in [0.25, 0.3) is 0 Å². The summed E-state index contributed by atoms with van der Waals surface area (Å²) >= 11 is 0. The van der Waals surface area contributed by atoms with Gasteiger partial charge in [0.15, 0.2) is 0 Å². The molecule has 0 aliphatic rings. The van der Waals surface area contributed by atoms with E-state index in [1.807, 2.05) is 6.26 Å². The zero-order valence-electron chi connectivity index (χ0n) is 11.6. The van der Waals surface area contributed by atoms with E-state index in [4.69, 9.17) is 4.43 Å². The summed E-state index contributed by atoms with van der Waals surface area (Å²) in [5.41, 5.74) is 0.343. The first-order chi connectivity index (χ1) is 6.67. The van der Waals surface area contributed by atoms with Crippen LogP contribution in [0.5, 0.6) is 0 Å². The average Bonchev–Trinajstić information content (AvgIpc) is 1.98. The van der Waals surface area contributed by atoms with Crippen LogP contribution < -0.4 is 0 Å². The van der Waals surface area contributed by atoms with Gasteiger partial charge in [-0.25, -0.2) is 0 Å². The number of rotatable bonds is 5. The maximum Gasteiger partial charge on any atom is 0.241 e. The summed E-state index contributed by atoms with van der Waals surface area (Å²) in [5.74, 6) is 0.624.